The van der Waals surface area contributed by atoms with Crippen LogP contribution in [0.15, 0.2) is 52.2 Å². The zero-order valence-corrected chi connectivity index (χ0v) is 20.7. The standard InChI is InChI=1S/C26H29N3O6/c1-27-18-15-29(12-11-16-7-9-19(32-3)21(13-16)34-5)24(23(18)25(30)28(2)26(27)31)17-8-10-20(33-4)22(14-17)35-6/h7-10,13-15H,11-12H2,1-6H3. The molecular formula is C26H29N3O6. The minimum absolute atomic E-state index is 0.349. The summed E-state index contributed by atoms with van der Waals surface area (Å²) in [5.41, 5.74) is 2.37. The van der Waals surface area contributed by atoms with Crippen molar-refractivity contribution in [3.05, 3.63) is 69.0 Å². The van der Waals surface area contributed by atoms with Gasteiger partial charge in [0, 0.05) is 32.4 Å². The van der Waals surface area contributed by atoms with Crippen molar-refractivity contribution in [1.82, 2.24) is 13.7 Å². The smallest absolute Gasteiger partial charge is 0.330 e. The van der Waals surface area contributed by atoms with Crippen LogP contribution in [0.25, 0.3) is 22.2 Å². The summed E-state index contributed by atoms with van der Waals surface area (Å²) in [6, 6.07) is 11.3. The Morgan fingerprint density at radius 1 is 0.743 bits per heavy atom. The van der Waals surface area contributed by atoms with Crippen LogP contribution in [0, 0.1) is 0 Å². The molecule has 4 rings (SSSR count). The highest BCUT2D eigenvalue weighted by molar-refractivity contribution is 5.94. The molecule has 0 aliphatic rings. The molecule has 2 aromatic heterocycles. The number of rotatable bonds is 8. The van der Waals surface area contributed by atoms with Crippen molar-refractivity contribution < 1.29 is 18.9 Å². The van der Waals surface area contributed by atoms with Crippen LogP contribution in [-0.4, -0.2) is 42.1 Å². The van der Waals surface area contributed by atoms with Crippen LogP contribution in [-0.2, 0) is 27.1 Å². The third-order valence-corrected chi connectivity index (χ3v) is 6.26. The summed E-state index contributed by atoms with van der Waals surface area (Å²) < 4.78 is 26.3. The van der Waals surface area contributed by atoms with Gasteiger partial charge in [-0.3, -0.25) is 13.9 Å². The van der Waals surface area contributed by atoms with E-state index in [1.165, 1.54) is 11.6 Å². The van der Waals surface area contributed by atoms with Gasteiger partial charge in [-0.05, 0) is 42.3 Å². The predicted octanol–water partition coefficient (Wildman–Crippen LogP) is 2.98. The zero-order chi connectivity index (χ0) is 25.3. The number of aromatic nitrogens is 3. The summed E-state index contributed by atoms with van der Waals surface area (Å²) in [6.07, 6.45) is 2.51. The van der Waals surface area contributed by atoms with E-state index < -0.39 is 0 Å². The molecule has 0 N–H and O–H groups in total. The quantitative estimate of drug-likeness (QED) is 0.386. The lowest BCUT2D eigenvalue weighted by molar-refractivity contribution is 0.354. The molecule has 2 heterocycles. The van der Waals surface area contributed by atoms with Gasteiger partial charge in [0.1, 0.15) is 0 Å². The monoisotopic (exact) mass is 479 g/mol. The number of nitrogens with zero attached hydrogens (tertiary/aromatic N) is 3. The molecule has 0 spiro atoms. The maximum atomic E-state index is 13.3. The van der Waals surface area contributed by atoms with Crippen molar-refractivity contribution in [3.63, 3.8) is 0 Å². The van der Waals surface area contributed by atoms with E-state index in [0.29, 0.717) is 52.6 Å². The largest absolute Gasteiger partial charge is 0.493 e. The molecule has 9 heteroatoms. The Bertz CT molecular complexity index is 1510. The van der Waals surface area contributed by atoms with Crippen LogP contribution in [0.4, 0.5) is 0 Å². The minimum Gasteiger partial charge on any atom is -0.493 e. The second kappa shape index (κ2) is 9.61. The van der Waals surface area contributed by atoms with Gasteiger partial charge in [0.25, 0.3) is 5.56 Å². The maximum absolute atomic E-state index is 13.3. The molecule has 0 aliphatic carbocycles. The van der Waals surface area contributed by atoms with Crippen LogP contribution in [0.1, 0.15) is 5.56 Å². The number of hydrogen-bond acceptors (Lipinski definition) is 6. The van der Waals surface area contributed by atoms with E-state index >= 15 is 0 Å². The lowest BCUT2D eigenvalue weighted by Gasteiger charge is -2.14. The molecule has 184 valence electrons. The molecule has 0 bridgehead atoms. The highest BCUT2D eigenvalue weighted by Gasteiger charge is 2.20. The van der Waals surface area contributed by atoms with Gasteiger partial charge in [0.2, 0.25) is 0 Å². The van der Waals surface area contributed by atoms with Crippen molar-refractivity contribution in [2.75, 3.05) is 28.4 Å². The van der Waals surface area contributed by atoms with Crippen LogP contribution < -0.4 is 30.2 Å². The molecule has 0 unspecified atom stereocenters. The summed E-state index contributed by atoms with van der Waals surface area (Å²) >= 11 is 0. The molecule has 35 heavy (non-hydrogen) atoms. The number of aryl methyl sites for hydroxylation is 3. The highest BCUT2D eigenvalue weighted by Crippen LogP contribution is 2.35. The SMILES string of the molecule is COc1ccc(CCn2cc3c(c2-c2ccc(OC)c(OC)c2)c(=O)n(C)c(=O)n3C)cc1OC. The van der Waals surface area contributed by atoms with Crippen molar-refractivity contribution in [3.8, 4) is 34.3 Å². The van der Waals surface area contributed by atoms with Gasteiger partial charge in [-0.15, -0.1) is 0 Å². The summed E-state index contributed by atoms with van der Waals surface area (Å²) in [6.45, 7) is 0.561. The van der Waals surface area contributed by atoms with Crippen LogP contribution >= 0.6 is 0 Å². The van der Waals surface area contributed by atoms with Crippen molar-refractivity contribution in [1.29, 1.82) is 0 Å². The second-order valence-corrected chi connectivity index (χ2v) is 8.15. The fraction of sp³-hybridized carbons (Fsp3) is 0.308. The summed E-state index contributed by atoms with van der Waals surface area (Å²) in [4.78, 5) is 25.9. The van der Waals surface area contributed by atoms with Gasteiger partial charge in [0.15, 0.2) is 23.0 Å². The molecule has 0 atom stereocenters. The average Bonchev–Trinajstić information content (AvgIpc) is 3.28. The number of benzene rings is 2. The first-order chi connectivity index (χ1) is 16.8. The molecular weight excluding hydrogens is 450 g/mol. The van der Waals surface area contributed by atoms with E-state index in [2.05, 4.69) is 0 Å². The predicted molar refractivity (Wildman–Crippen MR) is 134 cm³/mol. The topological polar surface area (TPSA) is 85.9 Å². The van der Waals surface area contributed by atoms with Gasteiger partial charge in [-0.25, -0.2) is 4.79 Å². The van der Waals surface area contributed by atoms with Gasteiger partial charge in [0.05, 0.1) is 45.0 Å². The molecule has 0 saturated heterocycles. The second-order valence-electron chi connectivity index (χ2n) is 8.15. The van der Waals surface area contributed by atoms with Crippen molar-refractivity contribution in [2.24, 2.45) is 14.1 Å². The van der Waals surface area contributed by atoms with Crippen LogP contribution in [0.5, 0.6) is 23.0 Å². The summed E-state index contributed by atoms with van der Waals surface area (Å²) in [7, 11) is 9.50. The van der Waals surface area contributed by atoms with E-state index in [9.17, 15) is 9.59 Å². The molecule has 0 aliphatic heterocycles. The lowest BCUT2D eigenvalue weighted by Crippen LogP contribution is -2.36. The van der Waals surface area contributed by atoms with Crippen molar-refractivity contribution >= 4 is 10.9 Å². The number of hydrogen-bond donors (Lipinski definition) is 0. The summed E-state index contributed by atoms with van der Waals surface area (Å²) in [5.74, 6) is 2.45. The van der Waals surface area contributed by atoms with Gasteiger partial charge >= 0.3 is 5.69 Å². The molecule has 2 aromatic carbocycles. The highest BCUT2D eigenvalue weighted by atomic mass is 16.5. The first-order valence-corrected chi connectivity index (χ1v) is 11.1. The van der Waals surface area contributed by atoms with Gasteiger partial charge in [-0.1, -0.05) is 6.07 Å². The van der Waals surface area contributed by atoms with Gasteiger partial charge < -0.3 is 23.5 Å². The molecule has 0 amide bonds. The fourth-order valence-corrected chi connectivity index (χ4v) is 4.35. The van der Waals surface area contributed by atoms with Crippen LogP contribution in [0.2, 0.25) is 0 Å². The number of methoxy groups -OCH3 is 4. The Morgan fingerprint density at radius 2 is 1.34 bits per heavy atom. The molecule has 0 fully saturated rings. The Kier molecular flexibility index (Phi) is 6.59. The maximum Gasteiger partial charge on any atom is 0.330 e. The minimum atomic E-state index is -0.376. The third-order valence-electron chi connectivity index (χ3n) is 6.26. The average molecular weight is 480 g/mol. The Hall–Kier alpha value is -4.14. The van der Waals surface area contributed by atoms with E-state index in [4.69, 9.17) is 18.9 Å². The van der Waals surface area contributed by atoms with E-state index in [0.717, 1.165) is 15.7 Å². The molecule has 4 aromatic rings. The van der Waals surface area contributed by atoms with Crippen molar-refractivity contribution in [2.45, 2.75) is 13.0 Å². The molecule has 9 nitrogen and oxygen atoms in total. The van der Waals surface area contributed by atoms with E-state index in [1.807, 2.05) is 41.1 Å². The Morgan fingerprint density at radius 3 is 1.97 bits per heavy atom. The normalized spacial score (nSPS) is 11.0. The Balaban J connectivity index is 1.89. The first-order valence-electron chi connectivity index (χ1n) is 11.1. The molecule has 0 saturated carbocycles. The summed E-state index contributed by atoms with van der Waals surface area (Å²) in [5, 5.41) is 0.467. The first kappa shape index (κ1) is 24.0. The molecule has 0 radical (unpaired) electrons. The lowest BCUT2D eigenvalue weighted by atomic mass is 10.1. The fourth-order valence-electron chi connectivity index (χ4n) is 4.35. The van der Waals surface area contributed by atoms with Crippen LogP contribution in [0.3, 0.4) is 0 Å². The zero-order valence-electron chi connectivity index (χ0n) is 20.7. The number of ether oxygens (including phenoxy) is 4. The van der Waals surface area contributed by atoms with Gasteiger partial charge in [-0.2, -0.15) is 0 Å². The third kappa shape index (κ3) is 4.14. The number of fused-ring (bicyclic) bond motifs is 1. The van der Waals surface area contributed by atoms with E-state index in [-0.39, 0.29) is 11.2 Å². The Labute approximate surface area is 202 Å². The van der Waals surface area contributed by atoms with E-state index in [1.54, 1.807) is 41.6 Å².